The molecule has 0 aliphatic carbocycles. The highest BCUT2D eigenvalue weighted by Gasteiger charge is 2.11. The van der Waals surface area contributed by atoms with Crippen molar-refractivity contribution in [3.05, 3.63) is 11.9 Å². The van der Waals surface area contributed by atoms with Crippen LogP contribution < -0.4 is 11.0 Å². The molecule has 3 heteroatoms. The normalized spacial score (nSPS) is 15.9. The smallest absolute Gasteiger partial charge is 0.0456 e. The molecule has 94 valence electrons. The molecule has 0 fully saturated rings. The van der Waals surface area contributed by atoms with Gasteiger partial charge in [-0.1, -0.05) is 40.5 Å². The van der Waals surface area contributed by atoms with Gasteiger partial charge in [0, 0.05) is 18.4 Å². The van der Waals surface area contributed by atoms with E-state index in [1.807, 2.05) is 0 Å². The first-order valence-electron chi connectivity index (χ1n) is 6.57. The first-order valence-corrected chi connectivity index (χ1v) is 6.57. The lowest BCUT2D eigenvalue weighted by atomic mass is 10.1. The molecule has 1 heterocycles. The minimum atomic E-state index is 0.710. The molecule has 0 radical (unpaired) electrons. The molecule has 3 nitrogen and oxygen atoms in total. The average molecular weight is 225 g/mol. The van der Waals surface area contributed by atoms with Gasteiger partial charge in [0.05, 0.1) is 0 Å². The van der Waals surface area contributed by atoms with Crippen LogP contribution in [0.5, 0.6) is 0 Å². The molecular weight excluding hydrogens is 198 g/mol. The summed E-state index contributed by atoms with van der Waals surface area (Å²) >= 11 is 0. The second-order valence-electron chi connectivity index (χ2n) is 5.57. The Kier molecular flexibility index (Phi) is 5.67. The van der Waals surface area contributed by atoms with Crippen LogP contribution in [-0.2, 0) is 0 Å². The Labute approximate surface area is 100 Å². The van der Waals surface area contributed by atoms with Gasteiger partial charge < -0.3 is 5.43 Å². The molecule has 1 aliphatic heterocycles. The Morgan fingerprint density at radius 3 is 2.50 bits per heavy atom. The van der Waals surface area contributed by atoms with Gasteiger partial charge in [0.2, 0.25) is 0 Å². The predicted molar refractivity (Wildman–Crippen MR) is 69.2 cm³/mol. The summed E-state index contributed by atoms with van der Waals surface area (Å²) in [5.41, 5.74) is 7.72. The molecule has 0 aromatic heterocycles. The van der Waals surface area contributed by atoms with Gasteiger partial charge in [-0.25, -0.2) is 0 Å². The molecule has 0 atom stereocenters. The Bertz CT molecular complexity index is 221. The average Bonchev–Trinajstić information content (AvgIpc) is 2.59. The van der Waals surface area contributed by atoms with E-state index >= 15 is 0 Å². The van der Waals surface area contributed by atoms with Crippen molar-refractivity contribution in [2.75, 3.05) is 6.54 Å². The van der Waals surface area contributed by atoms with E-state index in [1.165, 1.54) is 25.0 Å². The van der Waals surface area contributed by atoms with E-state index in [2.05, 4.69) is 49.9 Å². The highest BCUT2D eigenvalue weighted by molar-refractivity contribution is 5.01. The topological polar surface area (TPSA) is 27.3 Å². The summed E-state index contributed by atoms with van der Waals surface area (Å²) in [6.07, 6.45) is 7.25. The lowest BCUT2D eigenvalue weighted by molar-refractivity contribution is 0.262. The van der Waals surface area contributed by atoms with Gasteiger partial charge in [-0.2, -0.15) is 0 Å². The molecule has 0 bridgehead atoms. The van der Waals surface area contributed by atoms with Gasteiger partial charge in [-0.3, -0.25) is 5.01 Å². The van der Waals surface area contributed by atoms with E-state index in [0.717, 1.165) is 18.9 Å². The number of hydrogen-bond acceptors (Lipinski definition) is 3. The second-order valence-corrected chi connectivity index (χ2v) is 5.57. The SMILES string of the molecule is CC(C)CCCCN1C=C(CC(C)C)NN1. The molecule has 0 aromatic carbocycles. The van der Waals surface area contributed by atoms with E-state index in [4.69, 9.17) is 0 Å². The van der Waals surface area contributed by atoms with Crippen molar-refractivity contribution in [2.24, 2.45) is 11.8 Å². The zero-order valence-corrected chi connectivity index (χ0v) is 11.2. The molecule has 0 unspecified atom stereocenters. The number of hydrazine groups is 2. The maximum absolute atomic E-state index is 3.22. The van der Waals surface area contributed by atoms with E-state index in [1.54, 1.807) is 0 Å². The molecule has 1 aliphatic rings. The van der Waals surface area contributed by atoms with Crippen molar-refractivity contribution < 1.29 is 0 Å². The number of unbranched alkanes of at least 4 members (excludes halogenated alkanes) is 1. The first kappa shape index (κ1) is 13.4. The molecule has 16 heavy (non-hydrogen) atoms. The lowest BCUT2D eigenvalue weighted by Crippen LogP contribution is -2.37. The molecule has 2 N–H and O–H groups in total. The maximum atomic E-state index is 3.22. The maximum Gasteiger partial charge on any atom is 0.0456 e. The van der Waals surface area contributed by atoms with Crippen molar-refractivity contribution in [1.82, 2.24) is 16.0 Å². The number of hydrogen-bond donors (Lipinski definition) is 2. The molecule has 1 rings (SSSR count). The minimum Gasteiger partial charge on any atom is -0.306 e. The van der Waals surface area contributed by atoms with Crippen molar-refractivity contribution in [1.29, 1.82) is 0 Å². The fraction of sp³-hybridized carbons (Fsp3) is 0.846. The van der Waals surface area contributed by atoms with Gasteiger partial charge in [0.15, 0.2) is 0 Å². The Morgan fingerprint density at radius 2 is 1.88 bits per heavy atom. The summed E-state index contributed by atoms with van der Waals surface area (Å²) in [7, 11) is 0. The monoisotopic (exact) mass is 225 g/mol. The third kappa shape index (κ3) is 5.40. The Morgan fingerprint density at radius 1 is 1.12 bits per heavy atom. The molecular formula is C13H27N3. The highest BCUT2D eigenvalue weighted by Crippen LogP contribution is 2.12. The Hall–Kier alpha value is -0.700. The van der Waals surface area contributed by atoms with E-state index in [9.17, 15) is 0 Å². The fourth-order valence-electron chi connectivity index (χ4n) is 1.90. The predicted octanol–water partition coefficient (Wildman–Crippen LogP) is 3.03. The van der Waals surface area contributed by atoms with Gasteiger partial charge in [-0.05, 0) is 24.7 Å². The minimum absolute atomic E-state index is 0.710. The number of allylic oxidation sites excluding steroid dienone is 1. The second kappa shape index (κ2) is 6.79. The fourth-order valence-corrected chi connectivity index (χ4v) is 1.90. The van der Waals surface area contributed by atoms with Gasteiger partial charge in [0.25, 0.3) is 0 Å². The van der Waals surface area contributed by atoms with Crippen LogP contribution in [0.4, 0.5) is 0 Å². The van der Waals surface area contributed by atoms with E-state index in [0.29, 0.717) is 5.92 Å². The van der Waals surface area contributed by atoms with Gasteiger partial charge >= 0.3 is 0 Å². The van der Waals surface area contributed by atoms with Crippen LogP contribution in [-0.4, -0.2) is 11.6 Å². The third-order valence-electron chi connectivity index (χ3n) is 2.73. The zero-order chi connectivity index (χ0) is 12.0. The summed E-state index contributed by atoms with van der Waals surface area (Å²) in [4.78, 5) is 0. The van der Waals surface area contributed by atoms with Crippen LogP contribution in [0.25, 0.3) is 0 Å². The largest absolute Gasteiger partial charge is 0.306 e. The van der Waals surface area contributed by atoms with E-state index in [-0.39, 0.29) is 0 Å². The molecule has 0 saturated heterocycles. The van der Waals surface area contributed by atoms with Crippen LogP contribution in [0.15, 0.2) is 11.9 Å². The van der Waals surface area contributed by atoms with Crippen molar-refractivity contribution in [3.63, 3.8) is 0 Å². The zero-order valence-electron chi connectivity index (χ0n) is 11.2. The standard InChI is InChI=1S/C13H27N3/c1-11(2)7-5-6-8-16-10-13(14-15-16)9-12(3)4/h10-12,14-15H,5-9H2,1-4H3. The number of nitrogens with zero attached hydrogens (tertiary/aromatic N) is 1. The number of rotatable bonds is 7. The first-order chi connectivity index (χ1) is 7.58. The summed E-state index contributed by atoms with van der Waals surface area (Å²) in [6, 6.07) is 0. The van der Waals surface area contributed by atoms with Crippen LogP contribution in [0.2, 0.25) is 0 Å². The van der Waals surface area contributed by atoms with Crippen LogP contribution in [0.3, 0.4) is 0 Å². The molecule has 0 saturated carbocycles. The number of nitrogens with one attached hydrogen (secondary N) is 2. The van der Waals surface area contributed by atoms with E-state index < -0.39 is 0 Å². The Balaban J connectivity index is 2.13. The lowest BCUT2D eigenvalue weighted by Gasteiger charge is -2.15. The summed E-state index contributed by atoms with van der Waals surface area (Å²) in [5, 5.41) is 2.16. The van der Waals surface area contributed by atoms with Gasteiger partial charge in [-0.15, -0.1) is 5.53 Å². The van der Waals surface area contributed by atoms with Crippen LogP contribution in [0, 0.1) is 11.8 Å². The molecule has 0 aromatic rings. The van der Waals surface area contributed by atoms with Crippen molar-refractivity contribution in [3.8, 4) is 0 Å². The van der Waals surface area contributed by atoms with Crippen molar-refractivity contribution in [2.45, 2.75) is 53.4 Å². The molecule has 0 amide bonds. The molecule has 0 spiro atoms. The summed E-state index contributed by atoms with van der Waals surface area (Å²) < 4.78 is 0. The van der Waals surface area contributed by atoms with Crippen molar-refractivity contribution >= 4 is 0 Å². The summed E-state index contributed by atoms with van der Waals surface area (Å²) in [5.74, 6) is 1.54. The summed E-state index contributed by atoms with van der Waals surface area (Å²) in [6.45, 7) is 10.2. The quantitative estimate of drug-likeness (QED) is 0.652. The highest BCUT2D eigenvalue weighted by atomic mass is 15.7. The van der Waals surface area contributed by atoms with Crippen LogP contribution >= 0.6 is 0 Å². The van der Waals surface area contributed by atoms with Crippen LogP contribution in [0.1, 0.15) is 53.4 Å². The third-order valence-corrected chi connectivity index (χ3v) is 2.73. The van der Waals surface area contributed by atoms with Gasteiger partial charge in [0.1, 0.15) is 0 Å².